The van der Waals surface area contributed by atoms with Crippen molar-refractivity contribution in [1.29, 1.82) is 0 Å². The maximum Gasteiger partial charge on any atom is 0.326 e. The minimum Gasteiger partial charge on any atom is -0.480 e. The number of rotatable bonds is 14. The Bertz CT molecular complexity index is 643. The SMILES string of the molecule is N[C@@H](CCC(=O)N[C@@H](CCC(=O)N[C@@H](CS)C(=O)NCC(=O)O)C(=O)O)C(=O)O. The van der Waals surface area contributed by atoms with Gasteiger partial charge in [0, 0.05) is 18.6 Å². The van der Waals surface area contributed by atoms with Crippen LogP contribution in [0.5, 0.6) is 0 Å². The van der Waals surface area contributed by atoms with Gasteiger partial charge in [0.25, 0.3) is 0 Å². The molecule has 0 radical (unpaired) electrons. The van der Waals surface area contributed by atoms with E-state index in [1.807, 2.05) is 0 Å². The predicted octanol–water partition coefficient (Wildman–Crippen LogP) is -2.86. The molecule has 0 fully saturated rings. The van der Waals surface area contributed by atoms with Crippen LogP contribution in [-0.4, -0.2) is 81.4 Å². The molecule has 0 unspecified atom stereocenters. The number of thiol groups is 1. The molecule has 0 saturated carbocycles. The lowest BCUT2D eigenvalue weighted by Gasteiger charge is -2.18. The van der Waals surface area contributed by atoms with Crippen LogP contribution in [0.1, 0.15) is 25.7 Å². The molecule has 3 amide bonds. The number of hydrogen-bond donors (Lipinski definition) is 8. The lowest BCUT2D eigenvalue weighted by atomic mass is 10.1. The molecule has 0 aliphatic heterocycles. The number of hydrogen-bond acceptors (Lipinski definition) is 8. The van der Waals surface area contributed by atoms with Crippen molar-refractivity contribution in [3.8, 4) is 0 Å². The van der Waals surface area contributed by atoms with E-state index in [9.17, 15) is 28.8 Å². The van der Waals surface area contributed by atoms with E-state index in [2.05, 4.69) is 28.6 Å². The first-order valence-electron chi connectivity index (χ1n) is 8.38. The largest absolute Gasteiger partial charge is 0.480 e. The second-order valence-electron chi connectivity index (χ2n) is 5.89. The van der Waals surface area contributed by atoms with Crippen molar-refractivity contribution in [3.05, 3.63) is 0 Å². The van der Waals surface area contributed by atoms with Crippen LogP contribution < -0.4 is 21.7 Å². The highest BCUT2D eigenvalue weighted by molar-refractivity contribution is 7.80. The molecule has 0 rings (SSSR count). The van der Waals surface area contributed by atoms with Crippen LogP contribution in [0.2, 0.25) is 0 Å². The number of nitrogens with two attached hydrogens (primary N) is 1. The third-order valence-electron chi connectivity index (χ3n) is 3.54. The molecular weight excluding hydrogens is 412 g/mol. The second-order valence-corrected chi connectivity index (χ2v) is 6.26. The summed E-state index contributed by atoms with van der Waals surface area (Å²) in [4.78, 5) is 67.7. The van der Waals surface area contributed by atoms with Gasteiger partial charge in [-0.15, -0.1) is 0 Å². The van der Waals surface area contributed by atoms with Gasteiger partial charge < -0.3 is 37.0 Å². The first-order chi connectivity index (χ1) is 13.5. The van der Waals surface area contributed by atoms with Crippen LogP contribution in [-0.2, 0) is 28.8 Å². The molecular formula is C15H24N4O9S. The number of carboxylic acids is 3. The number of carbonyl (C=O) groups excluding carboxylic acids is 3. The van der Waals surface area contributed by atoms with Crippen molar-refractivity contribution in [2.24, 2.45) is 5.73 Å². The van der Waals surface area contributed by atoms with Crippen molar-refractivity contribution >= 4 is 48.3 Å². The Balaban J connectivity index is 4.56. The summed E-state index contributed by atoms with van der Waals surface area (Å²) in [5.41, 5.74) is 5.26. The second kappa shape index (κ2) is 13.3. The first kappa shape index (κ1) is 26.1. The summed E-state index contributed by atoms with van der Waals surface area (Å²) < 4.78 is 0. The van der Waals surface area contributed by atoms with E-state index >= 15 is 0 Å². The fourth-order valence-electron chi connectivity index (χ4n) is 1.96. The summed E-state index contributed by atoms with van der Waals surface area (Å²) in [6, 6.07) is -3.80. The van der Waals surface area contributed by atoms with E-state index < -0.39 is 60.3 Å². The zero-order valence-corrected chi connectivity index (χ0v) is 16.2. The molecule has 0 bridgehead atoms. The Hall–Kier alpha value is -2.87. The van der Waals surface area contributed by atoms with E-state index in [1.165, 1.54) is 0 Å². The maximum atomic E-state index is 11.9. The van der Waals surface area contributed by atoms with Gasteiger partial charge in [-0.3, -0.25) is 24.0 Å². The van der Waals surface area contributed by atoms with E-state index in [0.29, 0.717) is 0 Å². The summed E-state index contributed by atoms with van der Waals surface area (Å²) in [5.74, 6) is -6.31. The van der Waals surface area contributed by atoms with Gasteiger partial charge in [-0.05, 0) is 12.8 Å². The number of nitrogens with one attached hydrogen (secondary N) is 3. The van der Waals surface area contributed by atoms with Crippen LogP contribution in [0.15, 0.2) is 0 Å². The summed E-state index contributed by atoms with van der Waals surface area (Å²) >= 11 is 3.89. The Morgan fingerprint density at radius 1 is 0.828 bits per heavy atom. The fourth-order valence-corrected chi connectivity index (χ4v) is 2.21. The fraction of sp³-hybridized carbons (Fsp3) is 0.600. The maximum absolute atomic E-state index is 11.9. The number of carboxylic acid groups (broad SMARTS) is 3. The summed E-state index contributed by atoms with van der Waals surface area (Å²) in [7, 11) is 0. The monoisotopic (exact) mass is 436 g/mol. The molecule has 164 valence electrons. The minimum absolute atomic E-state index is 0.125. The molecule has 0 spiro atoms. The van der Waals surface area contributed by atoms with E-state index in [0.717, 1.165) is 0 Å². The Kier molecular flexibility index (Phi) is 12.0. The smallest absolute Gasteiger partial charge is 0.326 e. The van der Waals surface area contributed by atoms with Crippen LogP contribution in [0.3, 0.4) is 0 Å². The molecule has 0 saturated heterocycles. The molecule has 13 nitrogen and oxygen atoms in total. The molecule has 14 heteroatoms. The highest BCUT2D eigenvalue weighted by Crippen LogP contribution is 2.02. The number of aliphatic carboxylic acids is 3. The van der Waals surface area contributed by atoms with Gasteiger partial charge in [0.1, 0.15) is 24.7 Å². The lowest BCUT2D eigenvalue weighted by Crippen LogP contribution is -2.49. The van der Waals surface area contributed by atoms with Crippen molar-refractivity contribution in [2.45, 2.75) is 43.8 Å². The predicted molar refractivity (Wildman–Crippen MR) is 100 cm³/mol. The summed E-state index contributed by atoms with van der Waals surface area (Å²) in [6.07, 6.45) is -1.16. The van der Waals surface area contributed by atoms with Crippen LogP contribution >= 0.6 is 12.6 Å². The normalized spacial score (nSPS) is 13.4. The minimum atomic E-state index is -1.41. The summed E-state index contributed by atoms with van der Waals surface area (Å²) in [5, 5.41) is 32.8. The van der Waals surface area contributed by atoms with E-state index in [4.69, 9.17) is 21.1 Å². The molecule has 8 N–H and O–H groups in total. The Labute approximate surface area is 170 Å². The Morgan fingerprint density at radius 2 is 1.34 bits per heavy atom. The van der Waals surface area contributed by atoms with Gasteiger partial charge in [-0.25, -0.2) is 4.79 Å². The average molecular weight is 436 g/mol. The highest BCUT2D eigenvalue weighted by Gasteiger charge is 2.24. The molecule has 3 atom stereocenters. The molecule has 0 aliphatic carbocycles. The van der Waals surface area contributed by atoms with Crippen molar-refractivity contribution in [2.75, 3.05) is 12.3 Å². The van der Waals surface area contributed by atoms with Crippen molar-refractivity contribution < 1.29 is 44.1 Å². The van der Waals surface area contributed by atoms with Crippen LogP contribution in [0.25, 0.3) is 0 Å². The highest BCUT2D eigenvalue weighted by atomic mass is 32.1. The molecule has 0 aromatic rings. The average Bonchev–Trinajstić information content (AvgIpc) is 2.64. The summed E-state index contributed by atoms with van der Waals surface area (Å²) in [6.45, 7) is -0.641. The van der Waals surface area contributed by atoms with Gasteiger partial charge in [0.15, 0.2) is 0 Å². The van der Waals surface area contributed by atoms with Crippen molar-refractivity contribution in [1.82, 2.24) is 16.0 Å². The molecule has 0 aromatic heterocycles. The Morgan fingerprint density at radius 3 is 1.79 bits per heavy atom. The van der Waals surface area contributed by atoms with Crippen LogP contribution in [0.4, 0.5) is 0 Å². The molecule has 0 aliphatic rings. The van der Waals surface area contributed by atoms with Gasteiger partial charge in [-0.2, -0.15) is 12.6 Å². The molecule has 29 heavy (non-hydrogen) atoms. The molecule has 0 heterocycles. The zero-order valence-electron chi connectivity index (χ0n) is 15.3. The topological polar surface area (TPSA) is 225 Å². The quantitative estimate of drug-likeness (QED) is 0.130. The van der Waals surface area contributed by atoms with Gasteiger partial charge in [-0.1, -0.05) is 0 Å². The standard InChI is InChI=1S/C15H24N4O9S/c16-7(14(25)26)1-3-10(20)18-8(15(27)28)2-4-11(21)19-9(6-29)13(24)17-5-12(22)23/h7-9,29H,1-6,16H2,(H,17,24)(H,18,20)(H,19,21)(H,22,23)(H,25,26)(H,27,28)/t7-,8-,9-/m0/s1. The zero-order chi connectivity index (χ0) is 22.6. The van der Waals surface area contributed by atoms with E-state index in [1.54, 1.807) is 0 Å². The number of amides is 3. The van der Waals surface area contributed by atoms with Gasteiger partial charge >= 0.3 is 17.9 Å². The van der Waals surface area contributed by atoms with E-state index in [-0.39, 0.29) is 31.4 Å². The van der Waals surface area contributed by atoms with Crippen LogP contribution in [0, 0.1) is 0 Å². The van der Waals surface area contributed by atoms with Crippen molar-refractivity contribution in [3.63, 3.8) is 0 Å². The third kappa shape index (κ3) is 11.5. The third-order valence-corrected chi connectivity index (χ3v) is 3.91. The first-order valence-corrected chi connectivity index (χ1v) is 9.01. The number of carbonyl (C=O) groups is 6. The van der Waals surface area contributed by atoms with Gasteiger partial charge in [0.05, 0.1) is 0 Å². The lowest BCUT2D eigenvalue weighted by molar-refractivity contribution is -0.143. The van der Waals surface area contributed by atoms with Gasteiger partial charge in [0.2, 0.25) is 17.7 Å². The molecule has 0 aromatic carbocycles.